The third-order valence-electron chi connectivity index (χ3n) is 2.66. The lowest BCUT2D eigenvalue weighted by Crippen LogP contribution is -2.17. The number of nitrogens with two attached hydrogens (primary N) is 1. The molecule has 0 aliphatic heterocycles. The maximum Gasteiger partial charge on any atom is 0.0297 e. The summed E-state index contributed by atoms with van der Waals surface area (Å²) >= 11 is 0. The standard InChI is InChI=1S/C11H15N/c1-8-5-6-9-3-2-4-11(12)10(9)7-8/h5-7,11H,2-4,12H2,1H3. The molecule has 1 aromatic rings. The molecule has 0 amide bonds. The van der Waals surface area contributed by atoms with Crippen LogP contribution in [0.25, 0.3) is 0 Å². The second-order valence-corrected chi connectivity index (χ2v) is 3.70. The fourth-order valence-electron chi connectivity index (χ4n) is 1.96. The Balaban J connectivity index is 2.47. The lowest BCUT2D eigenvalue weighted by Gasteiger charge is -2.22. The number of hydrogen-bond acceptors (Lipinski definition) is 1. The van der Waals surface area contributed by atoms with Crippen LogP contribution >= 0.6 is 0 Å². The minimum absolute atomic E-state index is 0.286. The average Bonchev–Trinajstić information content (AvgIpc) is 2.07. The smallest absolute Gasteiger partial charge is 0.0297 e. The summed E-state index contributed by atoms with van der Waals surface area (Å²) in [5.41, 5.74) is 10.2. The number of fused-ring (bicyclic) bond motifs is 1. The fraction of sp³-hybridized carbons (Fsp3) is 0.455. The lowest BCUT2D eigenvalue weighted by molar-refractivity contribution is 0.570. The lowest BCUT2D eigenvalue weighted by atomic mass is 9.87. The largest absolute Gasteiger partial charge is 0.324 e. The van der Waals surface area contributed by atoms with E-state index in [-0.39, 0.29) is 6.04 Å². The second-order valence-electron chi connectivity index (χ2n) is 3.70. The van der Waals surface area contributed by atoms with Crippen molar-refractivity contribution in [3.63, 3.8) is 0 Å². The highest BCUT2D eigenvalue weighted by atomic mass is 14.6. The quantitative estimate of drug-likeness (QED) is 0.621. The predicted octanol–water partition coefficient (Wildman–Crippen LogP) is 2.33. The Kier molecular flexibility index (Phi) is 1.89. The molecular weight excluding hydrogens is 146 g/mol. The number of benzene rings is 1. The summed E-state index contributed by atoms with van der Waals surface area (Å²) in [6.45, 7) is 2.13. The van der Waals surface area contributed by atoms with E-state index in [1.165, 1.54) is 29.5 Å². The molecule has 1 aromatic carbocycles. The molecule has 0 spiro atoms. The summed E-state index contributed by atoms with van der Waals surface area (Å²) in [4.78, 5) is 0. The molecule has 2 N–H and O–H groups in total. The topological polar surface area (TPSA) is 26.0 Å². The van der Waals surface area contributed by atoms with Gasteiger partial charge in [-0.2, -0.15) is 0 Å². The van der Waals surface area contributed by atoms with Crippen molar-refractivity contribution in [2.24, 2.45) is 5.73 Å². The van der Waals surface area contributed by atoms with Gasteiger partial charge < -0.3 is 5.73 Å². The van der Waals surface area contributed by atoms with Gasteiger partial charge in [0, 0.05) is 6.04 Å². The minimum Gasteiger partial charge on any atom is -0.324 e. The Morgan fingerprint density at radius 1 is 1.42 bits per heavy atom. The highest BCUT2D eigenvalue weighted by molar-refractivity contribution is 5.35. The van der Waals surface area contributed by atoms with Gasteiger partial charge in [0.25, 0.3) is 0 Å². The molecule has 0 bridgehead atoms. The van der Waals surface area contributed by atoms with Gasteiger partial charge in [-0.1, -0.05) is 23.8 Å². The van der Waals surface area contributed by atoms with Crippen molar-refractivity contribution in [1.82, 2.24) is 0 Å². The Bertz CT molecular complexity index is 291. The van der Waals surface area contributed by atoms with Gasteiger partial charge in [0.05, 0.1) is 0 Å². The zero-order chi connectivity index (χ0) is 8.55. The van der Waals surface area contributed by atoms with Gasteiger partial charge in [-0.05, 0) is 37.3 Å². The molecule has 64 valence electrons. The molecule has 0 saturated heterocycles. The van der Waals surface area contributed by atoms with Crippen LogP contribution < -0.4 is 5.73 Å². The van der Waals surface area contributed by atoms with E-state index >= 15 is 0 Å². The van der Waals surface area contributed by atoms with Crippen LogP contribution in [0.2, 0.25) is 0 Å². The van der Waals surface area contributed by atoms with Crippen LogP contribution in [-0.2, 0) is 6.42 Å². The van der Waals surface area contributed by atoms with Gasteiger partial charge in [-0.15, -0.1) is 0 Å². The Morgan fingerprint density at radius 2 is 2.25 bits per heavy atom. The molecule has 1 unspecified atom stereocenters. The highest BCUT2D eigenvalue weighted by Crippen LogP contribution is 2.28. The maximum absolute atomic E-state index is 6.02. The van der Waals surface area contributed by atoms with E-state index in [1.54, 1.807) is 0 Å². The highest BCUT2D eigenvalue weighted by Gasteiger charge is 2.15. The van der Waals surface area contributed by atoms with Crippen LogP contribution in [0.5, 0.6) is 0 Å². The van der Waals surface area contributed by atoms with Gasteiger partial charge in [-0.3, -0.25) is 0 Å². The number of aryl methyl sites for hydroxylation is 2. The van der Waals surface area contributed by atoms with E-state index in [9.17, 15) is 0 Å². The summed E-state index contributed by atoms with van der Waals surface area (Å²) in [6, 6.07) is 6.92. The van der Waals surface area contributed by atoms with Crippen LogP contribution in [0.1, 0.15) is 35.6 Å². The van der Waals surface area contributed by atoms with E-state index in [0.29, 0.717) is 0 Å². The number of rotatable bonds is 0. The molecule has 1 aliphatic carbocycles. The van der Waals surface area contributed by atoms with E-state index in [0.717, 1.165) is 6.42 Å². The van der Waals surface area contributed by atoms with Gasteiger partial charge in [-0.25, -0.2) is 0 Å². The maximum atomic E-state index is 6.02. The van der Waals surface area contributed by atoms with Crippen LogP contribution in [0.3, 0.4) is 0 Å². The van der Waals surface area contributed by atoms with E-state index in [4.69, 9.17) is 5.73 Å². The SMILES string of the molecule is Cc1ccc2c(c1)C(N)CCC2. The molecule has 0 saturated carbocycles. The van der Waals surface area contributed by atoms with E-state index < -0.39 is 0 Å². The monoisotopic (exact) mass is 161 g/mol. The van der Waals surface area contributed by atoms with Crippen molar-refractivity contribution >= 4 is 0 Å². The molecule has 1 atom stereocenters. The first kappa shape index (κ1) is 7.81. The van der Waals surface area contributed by atoms with Crippen molar-refractivity contribution in [2.75, 3.05) is 0 Å². The van der Waals surface area contributed by atoms with Gasteiger partial charge in [0.2, 0.25) is 0 Å². The first-order chi connectivity index (χ1) is 5.77. The van der Waals surface area contributed by atoms with E-state index in [1.807, 2.05) is 0 Å². The molecular formula is C11H15N. The molecule has 0 fully saturated rings. The second kappa shape index (κ2) is 2.91. The van der Waals surface area contributed by atoms with Gasteiger partial charge in [0.15, 0.2) is 0 Å². The van der Waals surface area contributed by atoms with Crippen molar-refractivity contribution in [2.45, 2.75) is 32.2 Å². The van der Waals surface area contributed by atoms with Crippen molar-refractivity contribution < 1.29 is 0 Å². The minimum atomic E-state index is 0.286. The average molecular weight is 161 g/mol. The summed E-state index contributed by atoms with van der Waals surface area (Å²) in [6.07, 6.45) is 3.61. The molecule has 0 heterocycles. The summed E-state index contributed by atoms with van der Waals surface area (Å²) in [7, 11) is 0. The third-order valence-corrected chi connectivity index (χ3v) is 2.66. The summed E-state index contributed by atoms with van der Waals surface area (Å²) in [5.74, 6) is 0. The zero-order valence-corrected chi connectivity index (χ0v) is 7.51. The normalized spacial score (nSPS) is 22.0. The fourth-order valence-corrected chi connectivity index (χ4v) is 1.96. The first-order valence-corrected chi connectivity index (χ1v) is 4.62. The number of hydrogen-bond donors (Lipinski definition) is 1. The Hall–Kier alpha value is -0.820. The molecule has 2 rings (SSSR count). The van der Waals surface area contributed by atoms with Crippen LogP contribution in [-0.4, -0.2) is 0 Å². The molecule has 1 heteroatoms. The summed E-state index contributed by atoms with van der Waals surface area (Å²) < 4.78 is 0. The van der Waals surface area contributed by atoms with Gasteiger partial charge >= 0.3 is 0 Å². The predicted molar refractivity (Wildman–Crippen MR) is 51.0 cm³/mol. The molecule has 0 radical (unpaired) electrons. The summed E-state index contributed by atoms with van der Waals surface area (Å²) in [5, 5.41) is 0. The van der Waals surface area contributed by atoms with Crippen molar-refractivity contribution in [1.29, 1.82) is 0 Å². The van der Waals surface area contributed by atoms with Crippen LogP contribution in [0.15, 0.2) is 18.2 Å². The first-order valence-electron chi connectivity index (χ1n) is 4.62. The molecule has 12 heavy (non-hydrogen) atoms. The Labute approximate surface area is 73.6 Å². The zero-order valence-electron chi connectivity index (χ0n) is 7.51. The van der Waals surface area contributed by atoms with Crippen molar-refractivity contribution in [3.8, 4) is 0 Å². The van der Waals surface area contributed by atoms with E-state index in [2.05, 4.69) is 25.1 Å². The van der Waals surface area contributed by atoms with Gasteiger partial charge in [0.1, 0.15) is 0 Å². The molecule has 1 aliphatic rings. The van der Waals surface area contributed by atoms with Crippen LogP contribution in [0, 0.1) is 6.92 Å². The van der Waals surface area contributed by atoms with Crippen molar-refractivity contribution in [3.05, 3.63) is 34.9 Å². The molecule has 1 nitrogen and oxygen atoms in total. The Morgan fingerprint density at radius 3 is 3.08 bits per heavy atom. The molecule has 0 aromatic heterocycles. The van der Waals surface area contributed by atoms with Crippen LogP contribution in [0.4, 0.5) is 0 Å². The third kappa shape index (κ3) is 1.25.